The van der Waals surface area contributed by atoms with E-state index in [1.54, 1.807) is 12.1 Å². The van der Waals surface area contributed by atoms with E-state index in [1.165, 1.54) is 32.1 Å². The third-order valence-corrected chi connectivity index (χ3v) is 2.99. The first-order chi connectivity index (χ1) is 8.84. The van der Waals surface area contributed by atoms with Crippen LogP contribution >= 0.6 is 0 Å². The lowest BCUT2D eigenvalue weighted by atomic mass is 10.1. The molecule has 0 aliphatic rings. The number of benzene rings is 1. The van der Waals surface area contributed by atoms with Crippen LogP contribution < -0.4 is 0 Å². The molecule has 0 radical (unpaired) electrons. The Balaban J connectivity index is 2.00. The van der Waals surface area contributed by atoms with Crippen molar-refractivity contribution >= 4 is 5.97 Å². The summed E-state index contributed by atoms with van der Waals surface area (Å²) in [5, 5.41) is 0. The highest BCUT2D eigenvalue weighted by Gasteiger charge is 2.04. The van der Waals surface area contributed by atoms with Gasteiger partial charge in [-0.1, -0.05) is 63.6 Å². The van der Waals surface area contributed by atoms with Gasteiger partial charge < -0.3 is 4.74 Å². The fourth-order valence-electron chi connectivity index (χ4n) is 1.88. The van der Waals surface area contributed by atoms with E-state index in [1.807, 2.05) is 18.2 Å². The van der Waals surface area contributed by atoms with Crippen molar-refractivity contribution in [1.29, 1.82) is 0 Å². The summed E-state index contributed by atoms with van der Waals surface area (Å²) >= 11 is 0. The van der Waals surface area contributed by atoms with Crippen LogP contribution in [-0.4, -0.2) is 12.6 Å². The maximum Gasteiger partial charge on any atom is 0.338 e. The van der Waals surface area contributed by atoms with Gasteiger partial charge in [0.2, 0.25) is 0 Å². The second-order valence-corrected chi connectivity index (χ2v) is 4.62. The van der Waals surface area contributed by atoms with Crippen LogP contribution in [0.5, 0.6) is 0 Å². The van der Waals surface area contributed by atoms with Gasteiger partial charge in [-0.25, -0.2) is 4.79 Å². The van der Waals surface area contributed by atoms with Gasteiger partial charge in [-0.15, -0.1) is 0 Å². The molecule has 0 aliphatic carbocycles. The molecule has 1 aromatic carbocycles. The van der Waals surface area contributed by atoms with Gasteiger partial charge in [0.15, 0.2) is 0 Å². The lowest BCUT2D eigenvalue weighted by molar-refractivity contribution is 0.0497. The minimum atomic E-state index is -0.207. The monoisotopic (exact) mass is 248 g/mol. The number of ether oxygens (including phenoxy) is 1. The Morgan fingerprint density at radius 2 is 1.56 bits per heavy atom. The zero-order chi connectivity index (χ0) is 13.1. The van der Waals surface area contributed by atoms with Gasteiger partial charge >= 0.3 is 5.97 Å². The van der Waals surface area contributed by atoms with E-state index in [-0.39, 0.29) is 5.97 Å². The van der Waals surface area contributed by atoms with Crippen molar-refractivity contribution in [2.75, 3.05) is 6.61 Å². The van der Waals surface area contributed by atoms with Gasteiger partial charge in [0.05, 0.1) is 12.2 Å². The van der Waals surface area contributed by atoms with Gasteiger partial charge in [0, 0.05) is 0 Å². The van der Waals surface area contributed by atoms with Gasteiger partial charge in [-0.2, -0.15) is 0 Å². The van der Waals surface area contributed by atoms with Gasteiger partial charge in [-0.3, -0.25) is 0 Å². The van der Waals surface area contributed by atoms with Crippen molar-refractivity contribution in [3.63, 3.8) is 0 Å². The molecule has 0 spiro atoms. The normalized spacial score (nSPS) is 10.3. The SMILES string of the molecule is CCCCCCCCCOC(=O)c1ccccc1. The summed E-state index contributed by atoms with van der Waals surface area (Å²) in [6, 6.07) is 9.17. The van der Waals surface area contributed by atoms with Crippen molar-refractivity contribution < 1.29 is 9.53 Å². The minimum Gasteiger partial charge on any atom is -0.462 e. The topological polar surface area (TPSA) is 26.3 Å². The van der Waals surface area contributed by atoms with Crippen molar-refractivity contribution in [3.8, 4) is 0 Å². The first kappa shape index (κ1) is 14.7. The van der Waals surface area contributed by atoms with Crippen LogP contribution in [0.4, 0.5) is 0 Å². The first-order valence-corrected chi connectivity index (χ1v) is 7.06. The highest BCUT2D eigenvalue weighted by molar-refractivity contribution is 5.89. The zero-order valence-corrected chi connectivity index (χ0v) is 11.4. The smallest absolute Gasteiger partial charge is 0.338 e. The molecule has 0 aliphatic heterocycles. The lowest BCUT2D eigenvalue weighted by Crippen LogP contribution is -2.06. The summed E-state index contributed by atoms with van der Waals surface area (Å²) in [6.07, 6.45) is 8.65. The maximum atomic E-state index is 11.6. The van der Waals surface area contributed by atoms with Crippen LogP contribution in [-0.2, 0) is 4.74 Å². The summed E-state index contributed by atoms with van der Waals surface area (Å²) in [5.41, 5.74) is 0.639. The van der Waals surface area contributed by atoms with Crippen molar-refractivity contribution in [1.82, 2.24) is 0 Å². The van der Waals surface area contributed by atoms with E-state index in [4.69, 9.17) is 4.74 Å². The van der Waals surface area contributed by atoms with Crippen LogP contribution in [0.25, 0.3) is 0 Å². The third kappa shape index (κ3) is 6.43. The Kier molecular flexibility index (Phi) is 7.94. The second-order valence-electron chi connectivity index (χ2n) is 4.62. The van der Waals surface area contributed by atoms with E-state index in [9.17, 15) is 4.79 Å². The maximum absolute atomic E-state index is 11.6. The van der Waals surface area contributed by atoms with Gasteiger partial charge in [-0.05, 0) is 18.6 Å². The molecular formula is C16H24O2. The molecule has 0 saturated heterocycles. The van der Waals surface area contributed by atoms with Gasteiger partial charge in [0.25, 0.3) is 0 Å². The van der Waals surface area contributed by atoms with Crippen LogP contribution in [0.15, 0.2) is 30.3 Å². The standard InChI is InChI=1S/C16H24O2/c1-2-3-4-5-6-7-11-14-18-16(17)15-12-9-8-10-13-15/h8-10,12-13H,2-7,11,14H2,1H3. The predicted molar refractivity (Wildman–Crippen MR) is 74.7 cm³/mol. The molecule has 0 atom stereocenters. The Bertz CT molecular complexity index is 319. The number of rotatable bonds is 9. The number of hydrogen-bond acceptors (Lipinski definition) is 2. The summed E-state index contributed by atoms with van der Waals surface area (Å²) in [7, 11) is 0. The van der Waals surface area contributed by atoms with E-state index >= 15 is 0 Å². The Morgan fingerprint density at radius 1 is 0.944 bits per heavy atom. The van der Waals surface area contributed by atoms with E-state index < -0.39 is 0 Å². The van der Waals surface area contributed by atoms with Crippen LogP contribution in [0.1, 0.15) is 62.2 Å². The lowest BCUT2D eigenvalue weighted by Gasteiger charge is -2.04. The molecule has 1 aromatic rings. The van der Waals surface area contributed by atoms with Crippen molar-refractivity contribution in [2.45, 2.75) is 51.9 Å². The predicted octanol–water partition coefficient (Wildman–Crippen LogP) is 4.59. The molecule has 0 aromatic heterocycles. The number of carbonyl (C=O) groups is 1. The second kappa shape index (κ2) is 9.69. The molecule has 0 heterocycles. The first-order valence-electron chi connectivity index (χ1n) is 7.06. The van der Waals surface area contributed by atoms with Crippen molar-refractivity contribution in [3.05, 3.63) is 35.9 Å². The number of hydrogen-bond donors (Lipinski definition) is 0. The molecule has 0 bridgehead atoms. The van der Waals surface area contributed by atoms with Crippen LogP contribution in [0.3, 0.4) is 0 Å². The fourth-order valence-corrected chi connectivity index (χ4v) is 1.88. The molecule has 0 unspecified atom stereocenters. The molecule has 1 rings (SSSR count). The molecule has 0 N–H and O–H groups in total. The fraction of sp³-hybridized carbons (Fsp3) is 0.562. The largest absolute Gasteiger partial charge is 0.462 e. The molecule has 18 heavy (non-hydrogen) atoms. The van der Waals surface area contributed by atoms with E-state index in [0.29, 0.717) is 12.2 Å². The highest BCUT2D eigenvalue weighted by atomic mass is 16.5. The van der Waals surface area contributed by atoms with E-state index in [0.717, 1.165) is 12.8 Å². The summed E-state index contributed by atoms with van der Waals surface area (Å²) in [4.78, 5) is 11.6. The number of carbonyl (C=O) groups excluding carboxylic acids is 1. The Morgan fingerprint density at radius 3 is 2.22 bits per heavy atom. The molecule has 0 saturated carbocycles. The van der Waals surface area contributed by atoms with E-state index in [2.05, 4.69) is 6.92 Å². The zero-order valence-electron chi connectivity index (χ0n) is 11.4. The third-order valence-electron chi connectivity index (χ3n) is 2.99. The Labute approximate surface area is 110 Å². The highest BCUT2D eigenvalue weighted by Crippen LogP contribution is 2.07. The summed E-state index contributed by atoms with van der Waals surface area (Å²) in [5.74, 6) is -0.207. The van der Waals surface area contributed by atoms with Crippen molar-refractivity contribution in [2.24, 2.45) is 0 Å². The molecule has 100 valence electrons. The van der Waals surface area contributed by atoms with Crippen LogP contribution in [0, 0.1) is 0 Å². The molecule has 2 heteroatoms. The molecule has 2 nitrogen and oxygen atoms in total. The molecule has 0 fully saturated rings. The average Bonchev–Trinajstić information content (AvgIpc) is 2.42. The summed E-state index contributed by atoms with van der Waals surface area (Å²) < 4.78 is 5.22. The number of esters is 1. The van der Waals surface area contributed by atoms with Crippen LogP contribution in [0.2, 0.25) is 0 Å². The molecule has 0 amide bonds. The number of unbranched alkanes of at least 4 members (excludes halogenated alkanes) is 6. The molecular weight excluding hydrogens is 224 g/mol. The average molecular weight is 248 g/mol. The Hall–Kier alpha value is -1.31. The van der Waals surface area contributed by atoms with Gasteiger partial charge in [0.1, 0.15) is 0 Å². The summed E-state index contributed by atoms with van der Waals surface area (Å²) in [6.45, 7) is 2.77. The minimum absolute atomic E-state index is 0.207. The quantitative estimate of drug-likeness (QED) is 0.472.